The molecule has 0 aliphatic rings. The largest absolute Gasteiger partial charge is 0.481 e. The molecule has 0 aromatic carbocycles. The number of carboxylic acids is 1. The summed E-state index contributed by atoms with van der Waals surface area (Å²) in [4.78, 5) is 14.2. The van der Waals surface area contributed by atoms with Crippen molar-refractivity contribution < 1.29 is 18.7 Å². The van der Waals surface area contributed by atoms with Crippen LogP contribution >= 0.6 is 0 Å². The number of rotatable bonds is 3. The molecular formula is C9H10F2N2O2. The normalized spacial score (nSPS) is 10.7. The van der Waals surface area contributed by atoms with Crippen LogP contribution in [0.4, 0.5) is 14.5 Å². The zero-order valence-corrected chi connectivity index (χ0v) is 8.00. The first kappa shape index (κ1) is 11.4. The van der Waals surface area contributed by atoms with Gasteiger partial charge in [0, 0.05) is 11.8 Å². The van der Waals surface area contributed by atoms with E-state index >= 15 is 0 Å². The fourth-order valence-corrected chi connectivity index (χ4v) is 1.24. The lowest BCUT2D eigenvalue weighted by atomic mass is 10.0. The minimum Gasteiger partial charge on any atom is -0.481 e. The number of aryl methyl sites for hydroxylation is 1. The third kappa shape index (κ3) is 2.39. The standard InChI is InChI=1S/C9H10F2N2O2/c1-4-8(12)7(9(10)11)5(3-13-4)2-6(14)15/h3,9H,2,12H2,1H3,(H,14,15). The Labute approximate surface area is 84.7 Å². The van der Waals surface area contributed by atoms with Crippen LogP contribution in [0, 0.1) is 6.92 Å². The van der Waals surface area contributed by atoms with Gasteiger partial charge in [0.1, 0.15) is 0 Å². The number of nitrogens with two attached hydrogens (primary N) is 1. The van der Waals surface area contributed by atoms with Crippen LogP contribution < -0.4 is 5.73 Å². The van der Waals surface area contributed by atoms with Crippen molar-refractivity contribution in [3.63, 3.8) is 0 Å². The molecule has 1 aromatic heterocycles. The Morgan fingerprint density at radius 2 is 2.27 bits per heavy atom. The summed E-state index contributed by atoms with van der Waals surface area (Å²) in [7, 11) is 0. The summed E-state index contributed by atoms with van der Waals surface area (Å²) in [6.07, 6.45) is -2.17. The van der Waals surface area contributed by atoms with Gasteiger partial charge < -0.3 is 10.8 Å². The molecule has 0 fully saturated rings. The molecule has 0 aliphatic carbocycles. The molecule has 0 saturated carbocycles. The Hall–Kier alpha value is -1.72. The Balaban J connectivity index is 3.26. The molecule has 15 heavy (non-hydrogen) atoms. The monoisotopic (exact) mass is 216 g/mol. The van der Waals surface area contributed by atoms with Gasteiger partial charge in [-0.3, -0.25) is 9.78 Å². The zero-order chi connectivity index (χ0) is 11.6. The average molecular weight is 216 g/mol. The average Bonchev–Trinajstić information content (AvgIpc) is 2.10. The number of nitrogen functional groups attached to an aromatic ring is 1. The maximum atomic E-state index is 12.6. The number of alkyl halides is 2. The topological polar surface area (TPSA) is 76.2 Å². The zero-order valence-electron chi connectivity index (χ0n) is 8.00. The molecule has 3 N–H and O–H groups in total. The number of halogens is 2. The van der Waals surface area contributed by atoms with E-state index in [1.807, 2.05) is 0 Å². The SMILES string of the molecule is Cc1ncc(CC(=O)O)c(C(F)F)c1N. The van der Waals surface area contributed by atoms with Crippen LogP contribution in [-0.4, -0.2) is 16.1 Å². The third-order valence-electron chi connectivity index (χ3n) is 2.00. The summed E-state index contributed by atoms with van der Waals surface area (Å²) < 4.78 is 25.2. The highest BCUT2D eigenvalue weighted by Gasteiger charge is 2.20. The van der Waals surface area contributed by atoms with E-state index in [-0.39, 0.29) is 16.9 Å². The highest BCUT2D eigenvalue weighted by Crippen LogP contribution is 2.30. The molecule has 0 saturated heterocycles. The molecule has 1 rings (SSSR count). The molecule has 0 spiro atoms. The molecule has 1 heterocycles. The lowest BCUT2D eigenvalue weighted by Crippen LogP contribution is -2.09. The van der Waals surface area contributed by atoms with Crippen molar-refractivity contribution in [3.05, 3.63) is 23.0 Å². The Morgan fingerprint density at radius 3 is 2.73 bits per heavy atom. The number of aliphatic carboxylic acids is 1. The van der Waals surface area contributed by atoms with Crippen LogP contribution in [0.15, 0.2) is 6.20 Å². The predicted octanol–water partition coefficient (Wildman–Crippen LogP) is 1.54. The van der Waals surface area contributed by atoms with Crippen LogP contribution in [-0.2, 0) is 11.2 Å². The quantitative estimate of drug-likeness (QED) is 0.803. The van der Waals surface area contributed by atoms with Crippen LogP contribution in [0.5, 0.6) is 0 Å². The minimum atomic E-state index is -2.79. The Bertz CT molecular complexity index is 394. The van der Waals surface area contributed by atoms with Crippen molar-refractivity contribution in [3.8, 4) is 0 Å². The van der Waals surface area contributed by atoms with Crippen molar-refractivity contribution in [1.82, 2.24) is 4.98 Å². The van der Waals surface area contributed by atoms with Crippen molar-refractivity contribution >= 4 is 11.7 Å². The molecule has 0 atom stereocenters. The lowest BCUT2D eigenvalue weighted by Gasteiger charge is -2.11. The van der Waals surface area contributed by atoms with Gasteiger partial charge in [0.05, 0.1) is 17.8 Å². The van der Waals surface area contributed by atoms with Gasteiger partial charge in [-0.1, -0.05) is 0 Å². The van der Waals surface area contributed by atoms with Crippen LogP contribution in [0.1, 0.15) is 23.2 Å². The van der Waals surface area contributed by atoms with Crippen LogP contribution in [0.3, 0.4) is 0 Å². The summed E-state index contributed by atoms with van der Waals surface area (Å²) in [5, 5.41) is 8.52. The Kier molecular flexibility index (Phi) is 3.18. The van der Waals surface area contributed by atoms with Crippen molar-refractivity contribution in [2.45, 2.75) is 19.8 Å². The summed E-state index contributed by atoms with van der Waals surface area (Å²) in [5.74, 6) is -1.19. The smallest absolute Gasteiger partial charge is 0.307 e. The first-order valence-electron chi connectivity index (χ1n) is 4.17. The van der Waals surface area contributed by atoms with Gasteiger partial charge in [-0.2, -0.15) is 0 Å². The number of nitrogens with zero attached hydrogens (tertiary/aromatic N) is 1. The maximum Gasteiger partial charge on any atom is 0.307 e. The van der Waals surface area contributed by atoms with Crippen LogP contribution in [0.2, 0.25) is 0 Å². The molecule has 6 heteroatoms. The number of hydrogen-bond donors (Lipinski definition) is 2. The molecule has 0 amide bonds. The maximum absolute atomic E-state index is 12.6. The lowest BCUT2D eigenvalue weighted by molar-refractivity contribution is -0.136. The highest BCUT2D eigenvalue weighted by atomic mass is 19.3. The second-order valence-corrected chi connectivity index (χ2v) is 3.07. The molecule has 82 valence electrons. The number of carbonyl (C=O) groups is 1. The van der Waals surface area contributed by atoms with E-state index in [9.17, 15) is 13.6 Å². The van der Waals surface area contributed by atoms with E-state index < -0.39 is 24.4 Å². The van der Waals surface area contributed by atoms with Gasteiger partial charge in [0.25, 0.3) is 6.43 Å². The fraction of sp³-hybridized carbons (Fsp3) is 0.333. The first-order valence-corrected chi connectivity index (χ1v) is 4.17. The van der Waals surface area contributed by atoms with Gasteiger partial charge >= 0.3 is 5.97 Å². The number of anilines is 1. The van der Waals surface area contributed by atoms with E-state index in [1.165, 1.54) is 6.92 Å². The summed E-state index contributed by atoms with van der Waals surface area (Å²) in [6.45, 7) is 1.49. The molecule has 1 aromatic rings. The van der Waals surface area contributed by atoms with E-state index in [4.69, 9.17) is 10.8 Å². The molecule has 0 unspecified atom stereocenters. The van der Waals surface area contributed by atoms with E-state index in [0.717, 1.165) is 6.20 Å². The second-order valence-electron chi connectivity index (χ2n) is 3.07. The van der Waals surface area contributed by atoms with Crippen molar-refractivity contribution in [2.75, 3.05) is 5.73 Å². The van der Waals surface area contributed by atoms with Gasteiger partial charge in [-0.25, -0.2) is 8.78 Å². The van der Waals surface area contributed by atoms with Gasteiger partial charge in [0.15, 0.2) is 0 Å². The van der Waals surface area contributed by atoms with E-state index in [1.54, 1.807) is 0 Å². The van der Waals surface area contributed by atoms with E-state index in [0.29, 0.717) is 0 Å². The van der Waals surface area contributed by atoms with E-state index in [2.05, 4.69) is 4.98 Å². The predicted molar refractivity (Wildman–Crippen MR) is 49.7 cm³/mol. The first-order chi connectivity index (χ1) is 6.93. The van der Waals surface area contributed by atoms with Crippen molar-refractivity contribution in [2.24, 2.45) is 0 Å². The number of pyridine rings is 1. The molecule has 0 aliphatic heterocycles. The second kappa shape index (κ2) is 4.20. The Morgan fingerprint density at radius 1 is 1.67 bits per heavy atom. The minimum absolute atomic E-state index is 0.0411. The van der Waals surface area contributed by atoms with Gasteiger partial charge in [-0.05, 0) is 12.5 Å². The highest BCUT2D eigenvalue weighted by molar-refractivity contribution is 5.72. The molecule has 0 bridgehead atoms. The number of carboxylic acid groups (broad SMARTS) is 1. The molecule has 4 nitrogen and oxygen atoms in total. The number of aromatic nitrogens is 1. The molecule has 0 radical (unpaired) electrons. The van der Waals surface area contributed by atoms with Gasteiger partial charge in [-0.15, -0.1) is 0 Å². The van der Waals surface area contributed by atoms with Crippen molar-refractivity contribution in [1.29, 1.82) is 0 Å². The van der Waals surface area contributed by atoms with Gasteiger partial charge in [0.2, 0.25) is 0 Å². The molecular weight excluding hydrogens is 206 g/mol. The number of hydrogen-bond acceptors (Lipinski definition) is 3. The summed E-state index contributed by atoms with van der Waals surface area (Å²) in [5.41, 5.74) is 5.10. The summed E-state index contributed by atoms with van der Waals surface area (Å²) >= 11 is 0. The summed E-state index contributed by atoms with van der Waals surface area (Å²) in [6, 6.07) is 0. The fourth-order valence-electron chi connectivity index (χ4n) is 1.24. The third-order valence-corrected chi connectivity index (χ3v) is 2.00. The van der Waals surface area contributed by atoms with Crippen LogP contribution in [0.25, 0.3) is 0 Å².